The molecule has 0 bridgehead atoms. The van der Waals surface area contributed by atoms with E-state index in [9.17, 15) is 4.79 Å². The monoisotopic (exact) mass is 322 g/mol. The fraction of sp³-hybridized carbons (Fsp3) is 0.176. The van der Waals surface area contributed by atoms with Crippen LogP contribution in [0.3, 0.4) is 0 Å². The zero-order valence-electron chi connectivity index (χ0n) is 13.5. The third kappa shape index (κ3) is 3.95. The van der Waals surface area contributed by atoms with Crippen molar-refractivity contribution in [1.29, 1.82) is 0 Å². The molecule has 3 aromatic rings. The molecule has 2 aromatic heterocycles. The van der Waals surface area contributed by atoms with Gasteiger partial charge in [0.15, 0.2) is 0 Å². The molecule has 3 rings (SSSR count). The molecule has 0 saturated carbocycles. The van der Waals surface area contributed by atoms with Crippen LogP contribution in [0.15, 0.2) is 42.7 Å². The third-order valence-electron chi connectivity index (χ3n) is 3.32. The van der Waals surface area contributed by atoms with E-state index >= 15 is 0 Å². The van der Waals surface area contributed by atoms with Crippen LogP contribution in [0.25, 0.3) is 11.3 Å². The number of aryl methyl sites for hydroxylation is 1. The molecular weight excluding hydrogens is 304 g/mol. The molecule has 7 heteroatoms. The van der Waals surface area contributed by atoms with Crippen molar-refractivity contribution in [3.8, 4) is 11.3 Å². The van der Waals surface area contributed by atoms with E-state index in [2.05, 4.69) is 30.8 Å². The predicted octanol–water partition coefficient (Wildman–Crippen LogP) is 2.75. The number of aromatic nitrogens is 4. The van der Waals surface area contributed by atoms with Crippen LogP contribution in [0.2, 0.25) is 0 Å². The fourth-order valence-electron chi connectivity index (χ4n) is 2.30. The maximum absolute atomic E-state index is 11.2. The molecule has 122 valence electrons. The summed E-state index contributed by atoms with van der Waals surface area (Å²) in [5, 5.41) is 13.0. The quantitative estimate of drug-likeness (QED) is 0.671. The molecule has 0 radical (unpaired) electrons. The molecule has 3 N–H and O–H groups in total. The van der Waals surface area contributed by atoms with Gasteiger partial charge in [-0.25, -0.2) is 4.98 Å². The van der Waals surface area contributed by atoms with Crippen molar-refractivity contribution >= 4 is 17.4 Å². The highest BCUT2D eigenvalue weighted by atomic mass is 16.1. The molecule has 24 heavy (non-hydrogen) atoms. The van der Waals surface area contributed by atoms with Gasteiger partial charge in [-0.05, 0) is 25.1 Å². The molecule has 1 amide bonds. The number of hydrogen-bond donors (Lipinski definition) is 3. The number of carbonyl (C=O) groups is 1. The van der Waals surface area contributed by atoms with Crippen molar-refractivity contribution in [2.45, 2.75) is 20.4 Å². The normalized spacial score (nSPS) is 10.4. The number of amides is 1. The van der Waals surface area contributed by atoms with Gasteiger partial charge in [0.1, 0.15) is 5.82 Å². The molecule has 0 spiro atoms. The van der Waals surface area contributed by atoms with E-state index < -0.39 is 0 Å². The minimum absolute atomic E-state index is 0.108. The summed E-state index contributed by atoms with van der Waals surface area (Å²) in [7, 11) is 0. The number of anilines is 2. The zero-order chi connectivity index (χ0) is 16.9. The summed E-state index contributed by atoms with van der Waals surface area (Å²) in [5.74, 6) is 0.557. The molecule has 7 nitrogen and oxygen atoms in total. The number of carbonyl (C=O) groups excluding carboxylic acids is 1. The minimum atomic E-state index is -0.108. The Hall–Kier alpha value is -3.22. The Kier molecular flexibility index (Phi) is 4.51. The Morgan fingerprint density at radius 2 is 2.12 bits per heavy atom. The van der Waals surface area contributed by atoms with Gasteiger partial charge in [0.2, 0.25) is 5.91 Å². The van der Waals surface area contributed by atoms with Crippen molar-refractivity contribution in [2.75, 3.05) is 10.6 Å². The molecule has 0 unspecified atom stereocenters. The molecule has 0 aliphatic rings. The summed E-state index contributed by atoms with van der Waals surface area (Å²) >= 11 is 0. The maximum atomic E-state index is 11.2. The first-order chi connectivity index (χ1) is 11.6. The van der Waals surface area contributed by atoms with Gasteiger partial charge < -0.3 is 10.6 Å². The van der Waals surface area contributed by atoms with E-state index in [4.69, 9.17) is 0 Å². The maximum Gasteiger partial charge on any atom is 0.221 e. The molecule has 0 saturated heterocycles. The molecule has 0 aliphatic heterocycles. The second-order valence-electron chi connectivity index (χ2n) is 5.45. The van der Waals surface area contributed by atoms with Crippen LogP contribution in [0.5, 0.6) is 0 Å². The lowest BCUT2D eigenvalue weighted by molar-refractivity contribution is -0.114. The first-order valence-electron chi connectivity index (χ1n) is 7.55. The first-order valence-corrected chi connectivity index (χ1v) is 7.55. The number of hydrogen-bond acceptors (Lipinski definition) is 5. The lowest BCUT2D eigenvalue weighted by atomic mass is 10.1. The summed E-state index contributed by atoms with van der Waals surface area (Å²) in [5.41, 5.74) is 4.26. The lowest BCUT2D eigenvalue weighted by Crippen LogP contribution is -2.05. The van der Waals surface area contributed by atoms with Crippen LogP contribution in [0.1, 0.15) is 18.3 Å². The van der Waals surface area contributed by atoms with E-state index in [1.807, 2.05) is 37.3 Å². The fourth-order valence-corrected chi connectivity index (χ4v) is 2.30. The molecule has 0 aliphatic carbocycles. The summed E-state index contributed by atoms with van der Waals surface area (Å²) in [6.45, 7) is 4.00. The van der Waals surface area contributed by atoms with Crippen LogP contribution in [-0.4, -0.2) is 26.1 Å². The lowest BCUT2D eigenvalue weighted by Gasteiger charge is -2.07. The van der Waals surface area contributed by atoms with E-state index in [-0.39, 0.29) is 5.91 Å². The second kappa shape index (κ2) is 6.91. The summed E-state index contributed by atoms with van der Waals surface area (Å²) in [6, 6.07) is 9.47. The SMILES string of the molecule is CC(=O)Nc1cccc(-c2cncc(NCc3cc(C)[nH]n3)n2)c1. The molecular formula is C17H18N6O. The number of nitrogens with zero attached hydrogens (tertiary/aromatic N) is 3. The van der Waals surface area contributed by atoms with Gasteiger partial charge in [-0.1, -0.05) is 12.1 Å². The van der Waals surface area contributed by atoms with Crippen LogP contribution in [0, 0.1) is 6.92 Å². The zero-order valence-corrected chi connectivity index (χ0v) is 13.5. The van der Waals surface area contributed by atoms with E-state index in [1.54, 1.807) is 12.4 Å². The van der Waals surface area contributed by atoms with Crippen LogP contribution in [-0.2, 0) is 11.3 Å². The largest absolute Gasteiger partial charge is 0.363 e. The van der Waals surface area contributed by atoms with Gasteiger partial charge in [0, 0.05) is 23.9 Å². The number of rotatable bonds is 5. The number of benzene rings is 1. The highest BCUT2D eigenvalue weighted by molar-refractivity contribution is 5.89. The van der Waals surface area contributed by atoms with Crippen molar-refractivity contribution < 1.29 is 4.79 Å². The average molecular weight is 322 g/mol. The molecule has 1 aromatic carbocycles. The minimum Gasteiger partial charge on any atom is -0.363 e. The van der Waals surface area contributed by atoms with E-state index in [0.717, 1.165) is 28.3 Å². The van der Waals surface area contributed by atoms with Crippen LogP contribution < -0.4 is 10.6 Å². The Bertz CT molecular complexity index is 858. The highest BCUT2D eigenvalue weighted by Gasteiger charge is 2.05. The van der Waals surface area contributed by atoms with Crippen molar-refractivity contribution in [2.24, 2.45) is 0 Å². The smallest absolute Gasteiger partial charge is 0.221 e. The van der Waals surface area contributed by atoms with Gasteiger partial charge in [-0.15, -0.1) is 0 Å². The van der Waals surface area contributed by atoms with E-state index in [1.165, 1.54) is 6.92 Å². The number of nitrogens with one attached hydrogen (secondary N) is 3. The van der Waals surface area contributed by atoms with Gasteiger partial charge >= 0.3 is 0 Å². The third-order valence-corrected chi connectivity index (χ3v) is 3.32. The van der Waals surface area contributed by atoms with Gasteiger partial charge in [0.25, 0.3) is 0 Å². The Morgan fingerprint density at radius 1 is 1.25 bits per heavy atom. The van der Waals surface area contributed by atoms with Gasteiger partial charge in [-0.2, -0.15) is 5.10 Å². The Morgan fingerprint density at radius 3 is 2.88 bits per heavy atom. The molecule has 2 heterocycles. The van der Waals surface area contributed by atoms with Crippen molar-refractivity contribution in [3.63, 3.8) is 0 Å². The summed E-state index contributed by atoms with van der Waals surface area (Å²) in [6.07, 6.45) is 3.36. The van der Waals surface area contributed by atoms with Gasteiger partial charge in [0.05, 0.1) is 30.3 Å². The number of H-pyrrole nitrogens is 1. The highest BCUT2D eigenvalue weighted by Crippen LogP contribution is 2.21. The summed E-state index contributed by atoms with van der Waals surface area (Å²) in [4.78, 5) is 20.0. The summed E-state index contributed by atoms with van der Waals surface area (Å²) < 4.78 is 0. The average Bonchev–Trinajstić information content (AvgIpc) is 2.98. The standard InChI is InChI=1S/C17H18N6O/c1-11-6-15(23-22-11)8-19-17-10-18-9-16(21-17)13-4-3-5-14(7-13)20-12(2)24/h3-7,9-10H,8H2,1-2H3,(H,19,21)(H,20,24)(H,22,23). The molecule has 0 fully saturated rings. The first kappa shape index (κ1) is 15.7. The topological polar surface area (TPSA) is 95.6 Å². The van der Waals surface area contributed by atoms with Gasteiger partial charge in [-0.3, -0.25) is 14.9 Å². The van der Waals surface area contributed by atoms with Crippen LogP contribution >= 0.6 is 0 Å². The molecule has 0 atom stereocenters. The Balaban J connectivity index is 1.76. The van der Waals surface area contributed by atoms with E-state index in [0.29, 0.717) is 12.4 Å². The Labute approximate surface area is 139 Å². The predicted molar refractivity (Wildman–Crippen MR) is 92.4 cm³/mol. The van der Waals surface area contributed by atoms with Crippen molar-refractivity contribution in [3.05, 3.63) is 54.1 Å². The van der Waals surface area contributed by atoms with Crippen LogP contribution in [0.4, 0.5) is 11.5 Å². The number of aromatic amines is 1. The van der Waals surface area contributed by atoms with Crippen molar-refractivity contribution in [1.82, 2.24) is 20.2 Å². The second-order valence-corrected chi connectivity index (χ2v) is 5.45.